The van der Waals surface area contributed by atoms with Crippen molar-refractivity contribution in [2.75, 3.05) is 13.3 Å². The molecule has 4 rings (SSSR count). The van der Waals surface area contributed by atoms with Gasteiger partial charge in [0.15, 0.2) is 0 Å². The summed E-state index contributed by atoms with van der Waals surface area (Å²) in [5, 5.41) is 3.77. The van der Waals surface area contributed by atoms with E-state index in [0.29, 0.717) is 17.9 Å². The number of fused-ring (bicyclic) bond motifs is 1. The molecular formula is C22H31NO3. The van der Waals surface area contributed by atoms with E-state index < -0.39 is 0 Å². The molecule has 2 aliphatic carbocycles. The number of ether oxygens (including phenoxy) is 2. The molecule has 142 valence electrons. The van der Waals surface area contributed by atoms with Crippen LogP contribution in [0.1, 0.15) is 69.4 Å². The second kappa shape index (κ2) is 7.59. The monoisotopic (exact) mass is 357 g/mol. The number of esters is 1. The van der Waals surface area contributed by atoms with Crippen molar-refractivity contribution in [2.24, 2.45) is 5.92 Å². The maximum atomic E-state index is 11.6. The van der Waals surface area contributed by atoms with Crippen LogP contribution in [0.4, 0.5) is 0 Å². The lowest BCUT2D eigenvalue weighted by molar-refractivity contribution is -0.150. The Bertz CT molecular complexity index is 655. The Kier molecular flexibility index (Phi) is 5.21. The quantitative estimate of drug-likeness (QED) is 0.615. The Morgan fingerprint density at radius 1 is 1.31 bits per heavy atom. The first-order chi connectivity index (χ1) is 12.7. The number of nitrogens with one attached hydrogen (secondary N) is 1. The summed E-state index contributed by atoms with van der Waals surface area (Å²) in [5.74, 6) is 1.43. The van der Waals surface area contributed by atoms with Gasteiger partial charge in [0, 0.05) is 17.9 Å². The average molecular weight is 357 g/mol. The molecule has 3 atom stereocenters. The third-order valence-corrected chi connectivity index (χ3v) is 6.80. The van der Waals surface area contributed by atoms with Gasteiger partial charge in [-0.15, -0.1) is 0 Å². The van der Waals surface area contributed by atoms with Gasteiger partial charge in [0.2, 0.25) is 6.79 Å². The Hall–Kier alpha value is -1.55. The van der Waals surface area contributed by atoms with Crippen LogP contribution in [0, 0.1) is 5.92 Å². The van der Waals surface area contributed by atoms with Crippen molar-refractivity contribution in [3.63, 3.8) is 0 Å². The molecule has 26 heavy (non-hydrogen) atoms. The molecular weight excluding hydrogens is 326 g/mol. The summed E-state index contributed by atoms with van der Waals surface area (Å²) in [6.07, 6.45) is 10.1. The van der Waals surface area contributed by atoms with Gasteiger partial charge < -0.3 is 14.8 Å². The van der Waals surface area contributed by atoms with Crippen LogP contribution in [0.15, 0.2) is 18.2 Å². The van der Waals surface area contributed by atoms with Gasteiger partial charge in [-0.2, -0.15) is 0 Å². The number of unbranched alkanes of at least 4 members (excludes halogenated alkanes) is 1. The van der Waals surface area contributed by atoms with E-state index in [1.807, 2.05) is 6.07 Å². The van der Waals surface area contributed by atoms with Gasteiger partial charge in [-0.1, -0.05) is 32.3 Å². The van der Waals surface area contributed by atoms with E-state index in [9.17, 15) is 4.79 Å². The van der Waals surface area contributed by atoms with Crippen molar-refractivity contribution < 1.29 is 14.3 Å². The Labute approximate surface area is 156 Å². The summed E-state index contributed by atoms with van der Waals surface area (Å²) < 4.78 is 11.0. The van der Waals surface area contributed by atoms with Crippen LogP contribution in [0.25, 0.3) is 0 Å². The molecule has 4 nitrogen and oxygen atoms in total. The number of carbonyl (C=O) groups is 1. The highest BCUT2D eigenvalue weighted by molar-refractivity contribution is 5.69. The van der Waals surface area contributed by atoms with Crippen LogP contribution in [0.2, 0.25) is 0 Å². The number of piperidine rings is 1. The first kappa shape index (κ1) is 17.8. The van der Waals surface area contributed by atoms with E-state index in [2.05, 4.69) is 24.4 Å². The van der Waals surface area contributed by atoms with Gasteiger partial charge in [0.05, 0.1) is 0 Å². The lowest BCUT2D eigenvalue weighted by Crippen LogP contribution is -2.59. The van der Waals surface area contributed by atoms with Gasteiger partial charge in [0.25, 0.3) is 0 Å². The van der Waals surface area contributed by atoms with Crippen LogP contribution in [-0.4, -0.2) is 25.3 Å². The average Bonchev–Trinajstić information content (AvgIpc) is 2.67. The lowest BCUT2D eigenvalue weighted by Gasteiger charge is -2.56. The summed E-state index contributed by atoms with van der Waals surface area (Å²) in [6, 6.07) is 7.15. The third kappa shape index (κ3) is 3.24. The normalized spacial score (nSPS) is 29.4. The molecule has 1 aliphatic heterocycles. The van der Waals surface area contributed by atoms with E-state index in [4.69, 9.17) is 9.47 Å². The van der Waals surface area contributed by atoms with E-state index in [0.717, 1.165) is 37.5 Å². The predicted octanol–water partition coefficient (Wildman–Crippen LogP) is 4.10. The van der Waals surface area contributed by atoms with Crippen molar-refractivity contribution in [2.45, 2.75) is 76.2 Å². The molecule has 0 amide bonds. The van der Waals surface area contributed by atoms with E-state index in [1.54, 1.807) is 0 Å². The van der Waals surface area contributed by atoms with Gasteiger partial charge in [-0.25, -0.2) is 0 Å². The topological polar surface area (TPSA) is 47.6 Å². The zero-order valence-corrected chi connectivity index (χ0v) is 15.9. The second-order valence-electron chi connectivity index (χ2n) is 8.22. The van der Waals surface area contributed by atoms with Gasteiger partial charge in [-0.05, 0) is 67.8 Å². The number of rotatable bonds is 6. The minimum atomic E-state index is -0.169. The van der Waals surface area contributed by atoms with Crippen LogP contribution in [0.5, 0.6) is 5.75 Å². The van der Waals surface area contributed by atoms with Crippen LogP contribution in [-0.2, 0) is 21.4 Å². The van der Waals surface area contributed by atoms with Crippen molar-refractivity contribution in [3.05, 3.63) is 29.3 Å². The molecule has 0 aromatic heterocycles. The van der Waals surface area contributed by atoms with Gasteiger partial charge in [0.1, 0.15) is 5.75 Å². The number of hydrogen-bond acceptors (Lipinski definition) is 4. The summed E-state index contributed by atoms with van der Waals surface area (Å²) in [4.78, 5) is 11.6. The van der Waals surface area contributed by atoms with Crippen molar-refractivity contribution in [3.8, 4) is 5.75 Å². The summed E-state index contributed by atoms with van der Waals surface area (Å²) >= 11 is 0. The van der Waals surface area contributed by atoms with E-state index in [1.165, 1.54) is 43.2 Å². The number of benzene rings is 1. The van der Waals surface area contributed by atoms with E-state index in [-0.39, 0.29) is 12.8 Å². The molecule has 3 aliphatic rings. The van der Waals surface area contributed by atoms with Crippen molar-refractivity contribution in [1.82, 2.24) is 5.32 Å². The highest BCUT2D eigenvalue weighted by Crippen LogP contribution is 2.54. The minimum absolute atomic E-state index is 0.0158. The first-order valence-corrected chi connectivity index (χ1v) is 10.4. The zero-order chi connectivity index (χ0) is 18.0. The second-order valence-corrected chi connectivity index (χ2v) is 8.22. The highest BCUT2D eigenvalue weighted by Gasteiger charge is 2.51. The van der Waals surface area contributed by atoms with Crippen molar-refractivity contribution >= 4 is 5.97 Å². The summed E-state index contributed by atoms with van der Waals surface area (Å²) in [7, 11) is 0. The fraction of sp³-hybridized carbons (Fsp3) is 0.682. The highest BCUT2D eigenvalue weighted by atomic mass is 16.7. The molecule has 2 fully saturated rings. The Morgan fingerprint density at radius 3 is 3.12 bits per heavy atom. The van der Waals surface area contributed by atoms with Crippen molar-refractivity contribution in [1.29, 1.82) is 0 Å². The fourth-order valence-corrected chi connectivity index (χ4v) is 5.55. The minimum Gasteiger partial charge on any atom is -0.457 e. The number of carbonyl (C=O) groups excluding carboxylic acids is 1. The molecule has 1 N–H and O–H groups in total. The van der Waals surface area contributed by atoms with Gasteiger partial charge >= 0.3 is 5.97 Å². The third-order valence-electron chi connectivity index (χ3n) is 6.80. The van der Waals surface area contributed by atoms with Crippen LogP contribution >= 0.6 is 0 Å². The Morgan fingerprint density at radius 2 is 2.23 bits per heavy atom. The lowest BCUT2D eigenvalue weighted by atomic mass is 9.53. The Balaban J connectivity index is 1.49. The molecule has 4 heteroatoms. The van der Waals surface area contributed by atoms with Gasteiger partial charge in [-0.3, -0.25) is 4.79 Å². The molecule has 1 aromatic rings. The molecule has 0 spiro atoms. The summed E-state index contributed by atoms with van der Waals surface area (Å²) in [5.41, 5.74) is 3.32. The SMILES string of the molecule is CCCCC(=O)OCOc1ccc2c(c1)[C@@]13CCCC[C@H]1[C@@H](C2)NCC3. The number of hydrogen-bond donors (Lipinski definition) is 1. The zero-order valence-electron chi connectivity index (χ0n) is 15.9. The molecule has 1 aromatic carbocycles. The molecule has 1 heterocycles. The maximum Gasteiger partial charge on any atom is 0.308 e. The standard InChI is InChI=1S/C22H31NO3/c1-2-3-7-21(24)26-15-25-17-9-8-16-13-20-18-6-4-5-10-22(18,11-12-23-20)19(16)14-17/h8-9,14,18,20,23H,2-7,10-13,15H2,1H3/t18-,20+,22+/m0/s1. The first-order valence-electron chi connectivity index (χ1n) is 10.4. The van der Waals surface area contributed by atoms with Crippen LogP contribution < -0.4 is 10.1 Å². The molecule has 2 bridgehead atoms. The smallest absolute Gasteiger partial charge is 0.308 e. The largest absolute Gasteiger partial charge is 0.457 e. The summed E-state index contributed by atoms with van der Waals surface area (Å²) in [6.45, 7) is 3.21. The molecule has 0 unspecified atom stereocenters. The maximum absolute atomic E-state index is 11.6. The fourth-order valence-electron chi connectivity index (χ4n) is 5.55. The molecule has 1 saturated carbocycles. The molecule has 1 saturated heterocycles. The predicted molar refractivity (Wildman–Crippen MR) is 101 cm³/mol. The van der Waals surface area contributed by atoms with Crippen LogP contribution in [0.3, 0.4) is 0 Å². The van der Waals surface area contributed by atoms with E-state index >= 15 is 0 Å². The molecule has 0 radical (unpaired) electrons.